The summed E-state index contributed by atoms with van der Waals surface area (Å²) in [4.78, 5) is 8.57. The van der Waals surface area contributed by atoms with Crippen molar-refractivity contribution in [2.75, 3.05) is 0 Å². The van der Waals surface area contributed by atoms with Crippen molar-refractivity contribution in [3.63, 3.8) is 0 Å². The molecule has 0 aliphatic carbocycles. The first-order valence-corrected chi connectivity index (χ1v) is 6.05. The van der Waals surface area contributed by atoms with Crippen molar-refractivity contribution in [3.05, 3.63) is 54.0 Å². The van der Waals surface area contributed by atoms with Crippen molar-refractivity contribution >= 4 is 0 Å². The van der Waals surface area contributed by atoms with Crippen molar-refractivity contribution in [1.29, 1.82) is 0 Å². The number of pyridine rings is 2. The van der Waals surface area contributed by atoms with E-state index >= 15 is 0 Å². The molecule has 0 spiro atoms. The maximum atomic E-state index is 5.68. The molecule has 0 saturated carbocycles. The summed E-state index contributed by atoms with van der Waals surface area (Å²) in [5.41, 5.74) is 2.11. The third-order valence-electron chi connectivity index (χ3n) is 2.60. The van der Waals surface area contributed by atoms with Crippen LogP contribution < -0.4 is 4.74 Å². The van der Waals surface area contributed by atoms with Gasteiger partial charge in [0.2, 0.25) is 5.88 Å². The zero-order valence-corrected chi connectivity index (χ0v) is 11.1. The Balaban J connectivity index is 2.06. The molecular formula is C15H18N2O. The zero-order chi connectivity index (χ0) is 13.0. The quantitative estimate of drug-likeness (QED) is 0.827. The molecule has 0 radical (unpaired) electrons. The summed E-state index contributed by atoms with van der Waals surface area (Å²) >= 11 is 0. The summed E-state index contributed by atoms with van der Waals surface area (Å²) in [6, 6.07) is 9.77. The highest BCUT2D eigenvalue weighted by Gasteiger charge is 2.15. The molecule has 94 valence electrons. The number of rotatable bonds is 3. The summed E-state index contributed by atoms with van der Waals surface area (Å²) < 4.78 is 5.68. The summed E-state index contributed by atoms with van der Waals surface area (Å²) in [7, 11) is 0. The van der Waals surface area contributed by atoms with Crippen LogP contribution in [0.2, 0.25) is 0 Å². The van der Waals surface area contributed by atoms with Crippen LogP contribution in [0, 0.1) is 0 Å². The van der Waals surface area contributed by atoms with Gasteiger partial charge in [-0.3, -0.25) is 4.98 Å². The highest BCUT2D eigenvalue weighted by Crippen LogP contribution is 2.22. The normalized spacial score (nSPS) is 11.3. The largest absolute Gasteiger partial charge is 0.473 e. The smallest absolute Gasteiger partial charge is 0.213 e. The Kier molecular flexibility index (Phi) is 3.60. The Hall–Kier alpha value is -1.90. The fourth-order valence-corrected chi connectivity index (χ4v) is 1.55. The molecule has 0 unspecified atom stereocenters. The van der Waals surface area contributed by atoms with Crippen molar-refractivity contribution < 1.29 is 4.74 Å². The van der Waals surface area contributed by atoms with Crippen molar-refractivity contribution in [2.45, 2.75) is 32.8 Å². The van der Waals surface area contributed by atoms with Gasteiger partial charge < -0.3 is 4.74 Å². The van der Waals surface area contributed by atoms with Crippen LogP contribution in [0.15, 0.2) is 42.7 Å². The van der Waals surface area contributed by atoms with E-state index in [0.29, 0.717) is 12.5 Å². The third kappa shape index (κ3) is 3.29. The monoisotopic (exact) mass is 242 g/mol. The van der Waals surface area contributed by atoms with E-state index in [9.17, 15) is 0 Å². The highest BCUT2D eigenvalue weighted by atomic mass is 16.5. The molecule has 3 heteroatoms. The topological polar surface area (TPSA) is 35.0 Å². The van der Waals surface area contributed by atoms with Gasteiger partial charge in [-0.1, -0.05) is 32.9 Å². The van der Waals surface area contributed by atoms with Gasteiger partial charge in [0.05, 0.1) is 0 Å². The molecule has 0 amide bonds. The summed E-state index contributed by atoms with van der Waals surface area (Å²) in [6.07, 6.45) is 3.55. The van der Waals surface area contributed by atoms with Crippen molar-refractivity contribution in [1.82, 2.24) is 9.97 Å². The number of hydrogen-bond donors (Lipinski definition) is 0. The molecule has 0 atom stereocenters. The average Bonchev–Trinajstić information content (AvgIpc) is 2.37. The molecule has 2 rings (SSSR count). The van der Waals surface area contributed by atoms with E-state index in [0.717, 1.165) is 11.3 Å². The van der Waals surface area contributed by atoms with Crippen molar-refractivity contribution in [3.8, 4) is 5.88 Å². The molecule has 18 heavy (non-hydrogen) atoms. The lowest BCUT2D eigenvalue weighted by Gasteiger charge is -2.18. The van der Waals surface area contributed by atoms with Gasteiger partial charge in [-0.15, -0.1) is 0 Å². The minimum absolute atomic E-state index is 0.0354. The van der Waals surface area contributed by atoms with E-state index in [1.807, 2.05) is 30.3 Å². The Labute approximate surface area is 108 Å². The van der Waals surface area contributed by atoms with Gasteiger partial charge in [0, 0.05) is 35.1 Å². The first-order chi connectivity index (χ1) is 8.55. The van der Waals surface area contributed by atoms with E-state index in [4.69, 9.17) is 4.74 Å². The highest BCUT2D eigenvalue weighted by molar-refractivity contribution is 5.21. The van der Waals surface area contributed by atoms with E-state index < -0.39 is 0 Å². The molecule has 0 N–H and O–H groups in total. The van der Waals surface area contributed by atoms with Crippen LogP contribution in [0.3, 0.4) is 0 Å². The molecule has 0 fully saturated rings. The Morgan fingerprint density at radius 1 is 1.11 bits per heavy atom. The van der Waals surface area contributed by atoms with Crippen LogP contribution in [0.4, 0.5) is 0 Å². The van der Waals surface area contributed by atoms with Gasteiger partial charge in [0.15, 0.2) is 0 Å². The molecule has 3 nitrogen and oxygen atoms in total. The Morgan fingerprint density at radius 3 is 2.61 bits per heavy atom. The molecule has 2 aromatic heterocycles. The van der Waals surface area contributed by atoms with Crippen molar-refractivity contribution in [2.24, 2.45) is 0 Å². The summed E-state index contributed by atoms with van der Waals surface area (Å²) in [5.74, 6) is 0.659. The predicted octanol–water partition coefficient (Wildman–Crippen LogP) is 3.35. The van der Waals surface area contributed by atoms with Crippen LogP contribution in [-0.4, -0.2) is 9.97 Å². The summed E-state index contributed by atoms with van der Waals surface area (Å²) in [5, 5.41) is 0. The maximum Gasteiger partial charge on any atom is 0.213 e. The minimum atomic E-state index is 0.0354. The number of ether oxygens (including phenoxy) is 1. The second kappa shape index (κ2) is 5.17. The SMILES string of the molecule is CC(C)(C)c1cccc(OCc2cccnc2)n1. The van der Waals surface area contributed by atoms with Gasteiger partial charge in [-0.2, -0.15) is 0 Å². The maximum absolute atomic E-state index is 5.68. The minimum Gasteiger partial charge on any atom is -0.473 e. The Bertz CT molecular complexity index is 503. The molecule has 0 saturated heterocycles. The molecule has 0 aliphatic heterocycles. The van der Waals surface area contributed by atoms with Crippen LogP contribution >= 0.6 is 0 Å². The lowest BCUT2D eigenvalue weighted by atomic mass is 9.92. The zero-order valence-electron chi connectivity index (χ0n) is 11.1. The fourth-order valence-electron chi connectivity index (χ4n) is 1.55. The second-order valence-electron chi connectivity index (χ2n) is 5.26. The van der Waals surface area contributed by atoms with E-state index in [1.54, 1.807) is 12.4 Å². The summed E-state index contributed by atoms with van der Waals surface area (Å²) in [6.45, 7) is 6.91. The lowest BCUT2D eigenvalue weighted by molar-refractivity contribution is 0.291. The lowest BCUT2D eigenvalue weighted by Crippen LogP contribution is -2.13. The first kappa shape index (κ1) is 12.6. The molecule has 2 heterocycles. The fraction of sp³-hybridized carbons (Fsp3) is 0.333. The van der Waals surface area contributed by atoms with Gasteiger partial charge in [-0.25, -0.2) is 4.98 Å². The molecule has 2 aromatic rings. The van der Waals surface area contributed by atoms with E-state index in [-0.39, 0.29) is 5.41 Å². The molecule has 0 aromatic carbocycles. The van der Waals surface area contributed by atoms with E-state index in [2.05, 4.69) is 30.7 Å². The first-order valence-electron chi connectivity index (χ1n) is 6.05. The molecular weight excluding hydrogens is 224 g/mol. The predicted molar refractivity (Wildman–Crippen MR) is 71.5 cm³/mol. The number of aromatic nitrogens is 2. The van der Waals surface area contributed by atoms with Gasteiger partial charge in [0.1, 0.15) is 6.61 Å². The second-order valence-corrected chi connectivity index (χ2v) is 5.26. The number of nitrogens with zero attached hydrogens (tertiary/aromatic N) is 2. The third-order valence-corrected chi connectivity index (χ3v) is 2.60. The van der Waals surface area contributed by atoms with Gasteiger partial charge in [0.25, 0.3) is 0 Å². The Morgan fingerprint density at radius 2 is 1.94 bits per heavy atom. The van der Waals surface area contributed by atoms with E-state index in [1.165, 1.54) is 0 Å². The average molecular weight is 242 g/mol. The van der Waals surface area contributed by atoms with Crippen LogP contribution in [0.5, 0.6) is 5.88 Å². The molecule has 0 bridgehead atoms. The van der Waals surface area contributed by atoms with Crippen LogP contribution in [0.25, 0.3) is 0 Å². The van der Waals surface area contributed by atoms with Gasteiger partial charge in [-0.05, 0) is 12.1 Å². The standard InChI is InChI=1S/C15H18N2O/c1-15(2,3)13-7-4-8-14(17-13)18-11-12-6-5-9-16-10-12/h4-10H,11H2,1-3H3. The van der Waals surface area contributed by atoms with Crippen LogP contribution in [0.1, 0.15) is 32.0 Å². The molecule has 0 aliphatic rings. The van der Waals surface area contributed by atoms with Crippen LogP contribution in [-0.2, 0) is 12.0 Å². The number of hydrogen-bond acceptors (Lipinski definition) is 3. The van der Waals surface area contributed by atoms with Gasteiger partial charge >= 0.3 is 0 Å².